The number of benzene rings is 1. The number of nitrogens with zero attached hydrogens (tertiary/aromatic N) is 1. The van der Waals surface area contributed by atoms with Crippen LogP contribution in [-0.2, 0) is 4.79 Å². The molecule has 0 bridgehead atoms. The minimum atomic E-state index is -1.15. The first-order valence-electron chi connectivity index (χ1n) is 6.45. The van der Waals surface area contributed by atoms with Gasteiger partial charge < -0.3 is 16.2 Å². The zero-order valence-electron chi connectivity index (χ0n) is 11.5. The minimum Gasteiger partial charge on any atom is -0.480 e. The molecule has 0 aliphatic carbocycles. The van der Waals surface area contributed by atoms with E-state index in [0.29, 0.717) is 6.42 Å². The average Bonchev–Trinajstić information content (AvgIpc) is 2.42. The first-order chi connectivity index (χ1) is 9.88. The number of nitrogens with one attached hydrogen (secondary N) is 1. The predicted molar refractivity (Wildman–Crippen MR) is 75.9 cm³/mol. The van der Waals surface area contributed by atoms with Crippen LogP contribution in [0.3, 0.4) is 0 Å². The van der Waals surface area contributed by atoms with Crippen molar-refractivity contribution in [2.24, 2.45) is 0 Å². The molecule has 0 saturated heterocycles. The van der Waals surface area contributed by atoms with Crippen molar-refractivity contribution < 1.29 is 19.6 Å². The number of carboxylic acids is 1. The van der Waals surface area contributed by atoms with E-state index in [4.69, 9.17) is 10.8 Å². The number of nitro groups is 1. The van der Waals surface area contributed by atoms with Crippen LogP contribution in [0.4, 0.5) is 11.4 Å². The van der Waals surface area contributed by atoms with E-state index in [1.807, 2.05) is 6.92 Å². The highest BCUT2D eigenvalue weighted by Crippen LogP contribution is 2.24. The fourth-order valence-electron chi connectivity index (χ4n) is 1.81. The normalized spacial score (nSPS) is 11.7. The summed E-state index contributed by atoms with van der Waals surface area (Å²) in [6, 6.07) is 2.77. The maximum absolute atomic E-state index is 12.0. The third-order valence-corrected chi connectivity index (χ3v) is 2.97. The van der Waals surface area contributed by atoms with Crippen LogP contribution in [0.15, 0.2) is 18.2 Å². The van der Waals surface area contributed by atoms with Gasteiger partial charge in [0.25, 0.3) is 11.6 Å². The molecule has 1 atom stereocenters. The lowest BCUT2D eigenvalue weighted by Crippen LogP contribution is -2.41. The van der Waals surface area contributed by atoms with Gasteiger partial charge in [-0.1, -0.05) is 25.8 Å². The van der Waals surface area contributed by atoms with E-state index in [9.17, 15) is 19.7 Å². The predicted octanol–water partition coefficient (Wildman–Crippen LogP) is 1.55. The molecule has 0 aromatic heterocycles. The summed E-state index contributed by atoms with van der Waals surface area (Å²) < 4.78 is 0. The molecule has 0 fully saturated rings. The van der Waals surface area contributed by atoms with Crippen molar-refractivity contribution in [1.29, 1.82) is 0 Å². The zero-order valence-corrected chi connectivity index (χ0v) is 11.5. The molecule has 1 aromatic carbocycles. The zero-order chi connectivity index (χ0) is 16.0. The van der Waals surface area contributed by atoms with Gasteiger partial charge in [0.15, 0.2) is 0 Å². The Morgan fingerprint density at radius 1 is 1.48 bits per heavy atom. The van der Waals surface area contributed by atoms with Crippen LogP contribution in [0.1, 0.15) is 36.5 Å². The van der Waals surface area contributed by atoms with Crippen molar-refractivity contribution in [1.82, 2.24) is 5.32 Å². The smallest absolute Gasteiger partial charge is 0.326 e. The second-order valence-corrected chi connectivity index (χ2v) is 4.50. The van der Waals surface area contributed by atoms with Gasteiger partial charge in [-0.25, -0.2) is 4.79 Å². The van der Waals surface area contributed by atoms with Gasteiger partial charge in [-0.3, -0.25) is 14.9 Å². The molecule has 0 spiro atoms. The average molecular weight is 295 g/mol. The molecule has 1 rings (SSSR count). The fourth-order valence-corrected chi connectivity index (χ4v) is 1.81. The van der Waals surface area contributed by atoms with E-state index in [0.717, 1.165) is 6.42 Å². The number of nitrogen functional groups attached to an aromatic ring is 1. The molecule has 1 unspecified atom stereocenters. The maximum Gasteiger partial charge on any atom is 0.326 e. The van der Waals surface area contributed by atoms with E-state index >= 15 is 0 Å². The highest BCUT2D eigenvalue weighted by molar-refractivity contribution is 6.02. The van der Waals surface area contributed by atoms with Crippen LogP contribution in [0.2, 0.25) is 0 Å². The Balaban J connectivity index is 2.95. The van der Waals surface area contributed by atoms with Crippen LogP contribution in [-0.4, -0.2) is 27.9 Å². The van der Waals surface area contributed by atoms with Crippen molar-refractivity contribution in [2.75, 3.05) is 5.73 Å². The highest BCUT2D eigenvalue weighted by Gasteiger charge is 2.23. The Labute approximate surface area is 121 Å². The van der Waals surface area contributed by atoms with Crippen molar-refractivity contribution >= 4 is 23.3 Å². The topological polar surface area (TPSA) is 136 Å². The number of carboxylic acid groups (broad SMARTS) is 1. The Kier molecular flexibility index (Phi) is 5.65. The van der Waals surface area contributed by atoms with E-state index in [2.05, 4.69) is 5.32 Å². The van der Waals surface area contributed by atoms with Crippen molar-refractivity contribution in [3.63, 3.8) is 0 Å². The molecule has 0 saturated carbocycles. The molecule has 114 valence electrons. The van der Waals surface area contributed by atoms with Gasteiger partial charge in [-0.15, -0.1) is 0 Å². The highest BCUT2D eigenvalue weighted by atomic mass is 16.6. The summed E-state index contributed by atoms with van der Waals surface area (Å²) in [7, 11) is 0. The molecule has 0 aliphatic heterocycles. The number of amides is 1. The van der Waals surface area contributed by atoms with E-state index in [1.165, 1.54) is 18.2 Å². The molecular formula is C13H17N3O5. The number of rotatable bonds is 7. The molecule has 21 heavy (non-hydrogen) atoms. The van der Waals surface area contributed by atoms with Gasteiger partial charge in [0.05, 0.1) is 10.5 Å². The molecule has 0 heterocycles. The van der Waals surface area contributed by atoms with E-state index < -0.39 is 22.8 Å². The lowest BCUT2D eigenvalue weighted by molar-refractivity contribution is -0.383. The summed E-state index contributed by atoms with van der Waals surface area (Å²) in [6.45, 7) is 1.90. The monoisotopic (exact) mass is 295 g/mol. The number of anilines is 1. The summed E-state index contributed by atoms with van der Waals surface area (Å²) in [5.74, 6) is -1.89. The lowest BCUT2D eigenvalue weighted by Gasteiger charge is -2.14. The molecular weight excluding hydrogens is 278 g/mol. The molecule has 8 heteroatoms. The quantitative estimate of drug-likeness (QED) is 0.396. The van der Waals surface area contributed by atoms with Gasteiger partial charge in [-0.05, 0) is 12.5 Å². The molecule has 0 radical (unpaired) electrons. The van der Waals surface area contributed by atoms with Crippen LogP contribution in [0.5, 0.6) is 0 Å². The minimum absolute atomic E-state index is 0.105. The van der Waals surface area contributed by atoms with Gasteiger partial charge >= 0.3 is 5.97 Å². The Hall–Kier alpha value is -2.64. The third kappa shape index (κ3) is 4.16. The number of nitrogens with two attached hydrogens (primary N) is 1. The molecule has 8 nitrogen and oxygen atoms in total. The second kappa shape index (κ2) is 7.22. The number of unbranched alkanes of at least 4 members (excludes halogenated alkanes) is 1. The summed E-state index contributed by atoms with van der Waals surface area (Å²) in [5.41, 5.74) is 4.82. The number of nitro benzene ring substituents is 1. The molecule has 1 aromatic rings. The molecule has 1 amide bonds. The number of hydrogen-bond donors (Lipinski definition) is 3. The second-order valence-electron chi connectivity index (χ2n) is 4.50. The Bertz CT molecular complexity index is 559. The van der Waals surface area contributed by atoms with Gasteiger partial charge in [0.1, 0.15) is 11.7 Å². The first-order valence-corrected chi connectivity index (χ1v) is 6.45. The molecule has 0 aliphatic rings. The van der Waals surface area contributed by atoms with Gasteiger partial charge in [0, 0.05) is 6.07 Å². The standard InChI is InChI=1S/C13H17N3O5/c1-2-3-6-9(13(18)19)15-12(17)8-5-4-7-10(11(8)14)16(20)21/h4-5,7,9H,2-3,6,14H2,1H3,(H,15,17)(H,18,19). The van der Waals surface area contributed by atoms with Gasteiger partial charge in [-0.2, -0.15) is 0 Å². The molecule has 4 N–H and O–H groups in total. The lowest BCUT2D eigenvalue weighted by atomic mass is 10.1. The van der Waals surface area contributed by atoms with Crippen LogP contribution >= 0.6 is 0 Å². The number of carbonyl (C=O) groups excluding carboxylic acids is 1. The maximum atomic E-state index is 12.0. The van der Waals surface area contributed by atoms with Crippen LogP contribution in [0.25, 0.3) is 0 Å². The number of hydrogen-bond acceptors (Lipinski definition) is 5. The van der Waals surface area contributed by atoms with Crippen molar-refractivity contribution in [3.8, 4) is 0 Å². The van der Waals surface area contributed by atoms with E-state index in [1.54, 1.807) is 0 Å². The Morgan fingerprint density at radius 2 is 2.14 bits per heavy atom. The number of para-hydroxylation sites is 1. The third-order valence-electron chi connectivity index (χ3n) is 2.97. The van der Waals surface area contributed by atoms with Crippen LogP contribution in [0, 0.1) is 10.1 Å². The Morgan fingerprint density at radius 3 is 2.67 bits per heavy atom. The summed E-state index contributed by atoms with van der Waals surface area (Å²) in [5, 5.41) is 22.2. The number of aliphatic carboxylic acids is 1. The van der Waals surface area contributed by atoms with Crippen molar-refractivity contribution in [2.45, 2.75) is 32.2 Å². The first kappa shape index (κ1) is 16.4. The summed E-state index contributed by atoms with van der Waals surface area (Å²) in [4.78, 5) is 33.2. The summed E-state index contributed by atoms with van der Waals surface area (Å²) in [6.07, 6.45) is 1.71. The van der Waals surface area contributed by atoms with Crippen molar-refractivity contribution in [3.05, 3.63) is 33.9 Å². The number of carbonyl (C=O) groups is 2. The van der Waals surface area contributed by atoms with E-state index in [-0.39, 0.29) is 23.4 Å². The SMILES string of the molecule is CCCCC(NC(=O)c1cccc([N+](=O)[O-])c1N)C(=O)O. The van der Waals surface area contributed by atoms with Crippen LogP contribution < -0.4 is 11.1 Å². The summed E-state index contributed by atoms with van der Waals surface area (Å²) >= 11 is 0. The fraction of sp³-hybridized carbons (Fsp3) is 0.385. The van der Waals surface area contributed by atoms with Gasteiger partial charge in [0.2, 0.25) is 0 Å². The largest absolute Gasteiger partial charge is 0.480 e.